The van der Waals surface area contributed by atoms with Crippen molar-refractivity contribution in [2.45, 2.75) is 0 Å². The van der Waals surface area contributed by atoms with Crippen molar-refractivity contribution in [2.24, 2.45) is 0 Å². The molecule has 0 amide bonds. The van der Waals surface area contributed by atoms with Gasteiger partial charge in [0, 0.05) is 16.2 Å². The Morgan fingerprint density at radius 3 is 2.75 bits per heavy atom. The minimum Gasteiger partial charge on any atom is -0.491 e. The van der Waals surface area contributed by atoms with E-state index in [4.69, 9.17) is 15.6 Å². The first-order valence-electron chi connectivity index (χ1n) is 3.52. The molecule has 1 rings (SSSR count). The number of benzene rings is 1. The summed E-state index contributed by atoms with van der Waals surface area (Å²) < 4.78 is 6.03. The number of halogens is 1. The van der Waals surface area contributed by atoms with Crippen LogP contribution in [0.15, 0.2) is 22.7 Å². The summed E-state index contributed by atoms with van der Waals surface area (Å²) in [6.07, 6.45) is 0. The number of ether oxygens (including phenoxy) is 1. The molecule has 0 spiro atoms. The number of nitrogens with two attached hydrogens (primary N) is 1. The molecule has 1 aromatic rings. The van der Waals surface area contributed by atoms with Crippen LogP contribution in [0.4, 0.5) is 5.69 Å². The van der Waals surface area contributed by atoms with E-state index in [9.17, 15) is 0 Å². The van der Waals surface area contributed by atoms with Gasteiger partial charge in [0.25, 0.3) is 0 Å². The molecular weight excluding hydrogens is 222 g/mol. The Hall–Kier alpha value is -0.740. The van der Waals surface area contributed by atoms with Gasteiger partial charge < -0.3 is 15.6 Å². The molecule has 0 saturated carbocycles. The summed E-state index contributed by atoms with van der Waals surface area (Å²) in [7, 11) is 0. The predicted molar refractivity (Wildman–Crippen MR) is 51.1 cm³/mol. The van der Waals surface area contributed by atoms with Crippen LogP contribution in [0.3, 0.4) is 0 Å². The minimum atomic E-state index is 0.00637. The van der Waals surface area contributed by atoms with Crippen LogP contribution in [-0.4, -0.2) is 18.3 Å². The lowest BCUT2D eigenvalue weighted by molar-refractivity contribution is 0.201. The fraction of sp³-hybridized carbons (Fsp3) is 0.250. The first kappa shape index (κ1) is 9.35. The zero-order valence-electron chi connectivity index (χ0n) is 6.46. The van der Waals surface area contributed by atoms with Gasteiger partial charge in [-0.15, -0.1) is 0 Å². The van der Waals surface area contributed by atoms with Gasteiger partial charge in [-0.25, -0.2) is 0 Å². The van der Waals surface area contributed by atoms with E-state index < -0.39 is 0 Å². The summed E-state index contributed by atoms with van der Waals surface area (Å²) in [6, 6.07) is 5.29. The average Bonchev–Trinajstić information content (AvgIpc) is 1.99. The maximum Gasteiger partial charge on any atom is 0.122 e. The molecule has 0 fully saturated rings. The molecular formula is C8H10BrNO2. The highest BCUT2D eigenvalue weighted by molar-refractivity contribution is 9.10. The van der Waals surface area contributed by atoms with Gasteiger partial charge in [0.05, 0.1) is 6.61 Å². The van der Waals surface area contributed by atoms with Crippen LogP contribution in [0.25, 0.3) is 0 Å². The standard InChI is InChI=1S/C8H10BrNO2/c9-6-3-7(10)5-8(4-6)12-2-1-11/h3-5,11H,1-2,10H2. The fourth-order valence-corrected chi connectivity index (χ4v) is 1.32. The zero-order chi connectivity index (χ0) is 8.97. The molecule has 3 nitrogen and oxygen atoms in total. The van der Waals surface area contributed by atoms with Crippen LogP contribution in [0.1, 0.15) is 0 Å². The number of hydrogen-bond donors (Lipinski definition) is 2. The monoisotopic (exact) mass is 231 g/mol. The molecule has 0 radical (unpaired) electrons. The maximum absolute atomic E-state index is 8.50. The molecule has 0 bridgehead atoms. The second-order valence-electron chi connectivity index (χ2n) is 2.29. The van der Waals surface area contributed by atoms with Crippen LogP contribution in [-0.2, 0) is 0 Å². The largest absolute Gasteiger partial charge is 0.491 e. The SMILES string of the molecule is Nc1cc(Br)cc(OCCO)c1. The molecule has 1 aromatic carbocycles. The highest BCUT2D eigenvalue weighted by atomic mass is 79.9. The van der Waals surface area contributed by atoms with Crippen molar-refractivity contribution < 1.29 is 9.84 Å². The lowest BCUT2D eigenvalue weighted by Gasteiger charge is -2.05. The minimum absolute atomic E-state index is 0.00637. The smallest absolute Gasteiger partial charge is 0.122 e. The molecule has 0 unspecified atom stereocenters. The first-order valence-corrected chi connectivity index (χ1v) is 4.31. The molecule has 0 aromatic heterocycles. The number of nitrogen functional groups attached to an aromatic ring is 1. The van der Waals surface area contributed by atoms with Crippen molar-refractivity contribution in [3.05, 3.63) is 22.7 Å². The van der Waals surface area contributed by atoms with Crippen molar-refractivity contribution in [1.29, 1.82) is 0 Å². The van der Waals surface area contributed by atoms with Gasteiger partial charge in [-0.2, -0.15) is 0 Å². The van der Waals surface area contributed by atoms with Gasteiger partial charge >= 0.3 is 0 Å². The maximum atomic E-state index is 8.50. The molecule has 0 heterocycles. The van der Waals surface area contributed by atoms with Gasteiger partial charge in [-0.05, 0) is 12.1 Å². The molecule has 12 heavy (non-hydrogen) atoms. The summed E-state index contributed by atoms with van der Waals surface area (Å²) in [4.78, 5) is 0. The first-order chi connectivity index (χ1) is 5.72. The number of aliphatic hydroxyl groups is 1. The van der Waals surface area contributed by atoms with Crippen molar-refractivity contribution in [3.63, 3.8) is 0 Å². The van der Waals surface area contributed by atoms with Crippen molar-refractivity contribution in [3.8, 4) is 5.75 Å². The van der Waals surface area contributed by atoms with E-state index in [2.05, 4.69) is 15.9 Å². The molecule has 0 aliphatic rings. The second-order valence-corrected chi connectivity index (χ2v) is 3.21. The number of rotatable bonds is 3. The van der Waals surface area contributed by atoms with Crippen LogP contribution in [0, 0.1) is 0 Å². The summed E-state index contributed by atoms with van der Waals surface area (Å²) >= 11 is 3.28. The molecule has 3 N–H and O–H groups in total. The number of anilines is 1. The van der Waals surface area contributed by atoms with E-state index in [0.29, 0.717) is 11.4 Å². The van der Waals surface area contributed by atoms with Crippen LogP contribution < -0.4 is 10.5 Å². The molecule has 0 saturated heterocycles. The van der Waals surface area contributed by atoms with Crippen molar-refractivity contribution >= 4 is 21.6 Å². The Kier molecular flexibility index (Phi) is 3.37. The topological polar surface area (TPSA) is 55.5 Å². The quantitative estimate of drug-likeness (QED) is 0.774. The Labute approximate surface area is 79.3 Å². The van der Waals surface area contributed by atoms with Crippen LogP contribution >= 0.6 is 15.9 Å². The molecule has 66 valence electrons. The fourth-order valence-electron chi connectivity index (χ4n) is 0.831. The summed E-state index contributed by atoms with van der Waals surface area (Å²) in [5, 5.41) is 8.50. The van der Waals surface area contributed by atoms with Crippen molar-refractivity contribution in [2.75, 3.05) is 18.9 Å². The average molecular weight is 232 g/mol. The van der Waals surface area contributed by atoms with Gasteiger partial charge in [0.15, 0.2) is 0 Å². The highest BCUT2D eigenvalue weighted by Crippen LogP contribution is 2.22. The van der Waals surface area contributed by atoms with Gasteiger partial charge in [0.1, 0.15) is 12.4 Å². The summed E-state index contributed by atoms with van der Waals surface area (Å²) in [5.74, 6) is 0.663. The third-order valence-electron chi connectivity index (χ3n) is 1.25. The van der Waals surface area contributed by atoms with Gasteiger partial charge in [0.2, 0.25) is 0 Å². The Balaban J connectivity index is 2.72. The lowest BCUT2D eigenvalue weighted by Crippen LogP contribution is -2.01. The van der Waals surface area contributed by atoms with E-state index in [-0.39, 0.29) is 13.2 Å². The lowest BCUT2D eigenvalue weighted by atomic mass is 10.3. The Bertz CT molecular complexity index is 245. The normalized spacial score (nSPS) is 9.83. The van der Waals surface area contributed by atoms with E-state index in [1.54, 1.807) is 18.2 Å². The van der Waals surface area contributed by atoms with Crippen molar-refractivity contribution in [1.82, 2.24) is 0 Å². The number of aliphatic hydroxyl groups excluding tert-OH is 1. The molecule has 4 heteroatoms. The third kappa shape index (κ3) is 2.71. The highest BCUT2D eigenvalue weighted by Gasteiger charge is 1.96. The summed E-state index contributed by atoms with van der Waals surface area (Å²) in [5.41, 5.74) is 6.20. The van der Waals surface area contributed by atoms with Gasteiger partial charge in [-0.1, -0.05) is 15.9 Å². The Morgan fingerprint density at radius 1 is 1.42 bits per heavy atom. The molecule has 0 aliphatic heterocycles. The van der Waals surface area contributed by atoms with Crippen LogP contribution in [0.2, 0.25) is 0 Å². The van der Waals surface area contributed by atoms with E-state index in [1.807, 2.05) is 0 Å². The van der Waals surface area contributed by atoms with Crippen LogP contribution in [0.5, 0.6) is 5.75 Å². The van der Waals surface area contributed by atoms with E-state index in [0.717, 1.165) is 4.47 Å². The Morgan fingerprint density at radius 2 is 2.17 bits per heavy atom. The second kappa shape index (κ2) is 4.33. The van der Waals surface area contributed by atoms with E-state index >= 15 is 0 Å². The summed E-state index contributed by atoms with van der Waals surface area (Å²) in [6.45, 7) is 0.294. The molecule has 0 aliphatic carbocycles. The van der Waals surface area contributed by atoms with Gasteiger partial charge in [-0.3, -0.25) is 0 Å². The third-order valence-corrected chi connectivity index (χ3v) is 1.71. The predicted octanol–water partition coefficient (Wildman–Crippen LogP) is 1.40. The molecule has 0 atom stereocenters. The zero-order valence-corrected chi connectivity index (χ0v) is 8.04. The number of hydrogen-bond acceptors (Lipinski definition) is 3. The van der Waals surface area contributed by atoms with E-state index in [1.165, 1.54) is 0 Å².